The molecule has 0 aliphatic carbocycles. The molecule has 0 aliphatic rings. The molecule has 1 aromatic heterocycles. The average molecular weight is 401 g/mol. The lowest BCUT2D eigenvalue weighted by molar-refractivity contribution is -0.704. The Bertz CT molecular complexity index is 1060. The van der Waals surface area contributed by atoms with E-state index < -0.39 is 10.5 Å². The zero-order chi connectivity index (χ0) is 20.1. The highest BCUT2D eigenvalue weighted by Crippen LogP contribution is 2.22. The molecule has 3 aromatic rings. The number of nitrogens with zero attached hydrogens (tertiary/aromatic N) is 2. The van der Waals surface area contributed by atoms with E-state index in [4.69, 9.17) is 4.52 Å². The number of hydrogen-bond acceptors (Lipinski definition) is 6. The summed E-state index contributed by atoms with van der Waals surface area (Å²) in [5.74, 6) is 0.0252. The van der Waals surface area contributed by atoms with Crippen LogP contribution in [0.4, 0.5) is 11.4 Å². The van der Waals surface area contributed by atoms with Crippen molar-refractivity contribution in [3.8, 4) is 5.69 Å². The normalized spacial score (nSPS) is 10.6. The molecule has 0 radical (unpaired) electrons. The third-order valence-electron chi connectivity index (χ3n) is 3.90. The Morgan fingerprint density at radius 2 is 2.04 bits per heavy atom. The van der Waals surface area contributed by atoms with Gasteiger partial charge in [-0.15, -0.1) is 0 Å². The van der Waals surface area contributed by atoms with Crippen LogP contribution >= 0.6 is 11.8 Å². The SMILES string of the molecule is Cc1ccc([N+](=O)[O-])cc1NC(=O)CCSc1c(=O)o[nH][n+]1-c1ccccc1. The minimum Gasteiger partial charge on any atom is -0.326 e. The van der Waals surface area contributed by atoms with Crippen molar-refractivity contribution < 1.29 is 18.9 Å². The molecule has 10 heteroatoms. The number of aromatic nitrogens is 2. The number of nitrogens with one attached hydrogen (secondary N) is 2. The van der Waals surface area contributed by atoms with Gasteiger partial charge in [0, 0.05) is 36.4 Å². The molecule has 1 amide bonds. The molecule has 144 valence electrons. The number of H-pyrrole nitrogens is 1. The molecule has 1 heterocycles. The van der Waals surface area contributed by atoms with Gasteiger partial charge in [-0.1, -0.05) is 24.3 Å². The van der Waals surface area contributed by atoms with Gasteiger partial charge >= 0.3 is 10.7 Å². The van der Waals surface area contributed by atoms with E-state index in [0.29, 0.717) is 16.5 Å². The fraction of sp³-hybridized carbons (Fsp3) is 0.167. The van der Waals surface area contributed by atoms with Crippen molar-refractivity contribution in [1.82, 2.24) is 5.27 Å². The molecular formula is C18H17N4O5S+. The van der Waals surface area contributed by atoms with Crippen LogP contribution in [0.1, 0.15) is 12.0 Å². The number of anilines is 1. The number of carbonyl (C=O) groups is 1. The van der Waals surface area contributed by atoms with Crippen LogP contribution in [0.2, 0.25) is 0 Å². The molecule has 0 saturated carbocycles. The van der Waals surface area contributed by atoms with E-state index in [1.54, 1.807) is 13.0 Å². The summed E-state index contributed by atoms with van der Waals surface area (Å²) in [5.41, 5.74) is 1.23. The van der Waals surface area contributed by atoms with Crippen LogP contribution in [0.15, 0.2) is 62.9 Å². The molecule has 0 atom stereocenters. The predicted molar refractivity (Wildman–Crippen MR) is 103 cm³/mol. The van der Waals surface area contributed by atoms with Crippen molar-refractivity contribution in [2.24, 2.45) is 0 Å². The van der Waals surface area contributed by atoms with Gasteiger partial charge in [0.2, 0.25) is 11.6 Å². The number of carbonyl (C=O) groups excluding carboxylic acids is 1. The van der Waals surface area contributed by atoms with Gasteiger partial charge in [-0.25, -0.2) is 4.79 Å². The second-order valence-electron chi connectivity index (χ2n) is 5.86. The summed E-state index contributed by atoms with van der Waals surface area (Å²) < 4.78 is 6.36. The van der Waals surface area contributed by atoms with Crippen molar-refractivity contribution in [2.45, 2.75) is 18.4 Å². The summed E-state index contributed by atoms with van der Waals surface area (Å²) in [5, 5.41) is 16.4. The van der Waals surface area contributed by atoms with Gasteiger partial charge in [0.25, 0.3) is 5.69 Å². The minimum absolute atomic E-state index is 0.0934. The number of aryl methyl sites for hydroxylation is 1. The number of amides is 1. The first kappa shape index (κ1) is 19.4. The van der Waals surface area contributed by atoms with E-state index in [1.165, 1.54) is 28.6 Å². The Labute approximate surface area is 163 Å². The quantitative estimate of drug-likeness (QED) is 0.272. The molecule has 0 saturated heterocycles. The molecule has 28 heavy (non-hydrogen) atoms. The molecule has 0 unspecified atom stereocenters. The Balaban J connectivity index is 1.63. The molecule has 2 aromatic carbocycles. The van der Waals surface area contributed by atoms with E-state index in [-0.39, 0.29) is 18.0 Å². The van der Waals surface area contributed by atoms with E-state index in [0.717, 1.165) is 11.3 Å². The smallest absolute Gasteiger partial charge is 0.326 e. The topological polar surface area (TPSA) is 122 Å². The van der Waals surface area contributed by atoms with Crippen molar-refractivity contribution in [3.63, 3.8) is 0 Å². The maximum Gasteiger partial charge on any atom is 0.442 e. The summed E-state index contributed by atoms with van der Waals surface area (Å²) in [6, 6.07) is 13.4. The average Bonchev–Trinajstić information content (AvgIpc) is 3.05. The van der Waals surface area contributed by atoms with Crippen LogP contribution in [-0.4, -0.2) is 21.9 Å². The second-order valence-corrected chi connectivity index (χ2v) is 6.94. The van der Waals surface area contributed by atoms with Gasteiger partial charge in [0.1, 0.15) is 0 Å². The van der Waals surface area contributed by atoms with Crippen LogP contribution < -0.4 is 15.6 Å². The highest BCUT2D eigenvalue weighted by molar-refractivity contribution is 7.99. The lowest BCUT2D eigenvalue weighted by Crippen LogP contribution is -2.36. The third-order valence-corrected chi connectivity index (χ3v) is 4.93. The first-order chi connectivity index (χ1) is 13.5. The van der Waals surface area contributed by atoms with E-state index in [9.17, 15) is 19.7 Å². The molecule has 9 nitrogen and oxygen atoms in total. The zero-order valence-corrected chi connectivity index (χ0v) is 15.7. The Kier molecular flexibility index (Phi) is 5.90. The van der Waals surface area contributed by atoms with Crippen molar-refractivity contribution in [3.05, 3.63) is 74.6 Å². The van der Waals surface area contributed by atoms with Crippen LogP contribution in [0, 0.1) is 17.0 Å². The Hall–Kier alpha value is -3.40. The summed E-state index contributed by atoms with van der Waals surface area (Å²) in [6.07, 6.45) is 0.117. The van der Waals surface area contributed by atoms with Gasteiger partial charge in [-0.2, -0.15) is 0 Å². The number of hydrogen-bond donors (Lipinski definition) is 2. The minimum atomic E-state index is -0.524. The first-order valence-electron chi connectivity index (χ1n) is 8.32. The number of non-ortho nitro benzene ring substituents is 1. The summed E-state index contributed by atoms with van der Waals surface area (Å²) in [4.78, 5) is 34.5. The van der Waals surface area contributed by atoms with Gasteiger partial charge in [0.15, 0.2) is 0 Å². The number of nitro benzene ring substituents is 1. The summed E-state index contributed by atoms with van der Waals surface area (Å²) in [6.45, 7) is 1.75. The maximum absolute atomic E-state index is 12.2. The van der Waals surface area contributed by atoms with E-state index in [1.807, 2.05) is 30.3 Å². The standard InChI is InChI=1S/C18H16N4O5S/c1-12-7-8-14(22(25)26)11-15(12)19-16(23)9-10-28-17-18(24)27-20-21(17)13-5-3-2-4-6-13/h2-8,11H,9-10H2,1H3,(H-,19,20,23,24)/p+1. The zero-order valence-electron chi connectivity index (χ0n) is 14.9. The fourth-order valence-electron chi connectivity index (χ4n) is 2.45. The van der Waals surface area contributed by atoms with Crippen LogP contribution in [-0.2, 0) is 4.79 Å². The third kappa shape index (κ3) is 4.46. The highest BCUT2D eigenvalue weighted by Gasteiger charge is 2.24. The summed E-state index contributed by atoms with van der Waals surface area (Å²) in [7, 11) is 0. The van der Waals surface area contributed by atoms with Crippen LogP contribution in [0.3, 0.4) is 0 Å². The summed E-state index contributed by atoms with van der Waals surface area (Å²) >= 11 is 1.18. The number of nitro groups is 1. The lowest BCUT2D eigenvalue weighted by atomic mass is 10.2. The highest BCUT2D eigenvalue weighted by atomic mass is 32.2. The lowest BCUT2D eigenvalue weighted by Gasteiger charge is -2.07. The fourth-order valence-corrected chi connectivity index (χ4v) is 3.36. The molecule has 2 N–H and O–H groups in total. The van der Waals surface area contributed by atoms with Crippen LogP contribution in [0.25, 0.3) is 5.69 Å². The number of benzene rings is 2. The molecule has 0 bridgehead atoms. The number of rotatable bonds is 7. The van der Waals surface area contributed by atoms with Gasteiger partial charge in [-0.3, -0.25) is 19.4 Å². The Morgan fingerprint density at radius 3 is 2.75 bits per heavy atom. The molecule has 0 spiro atoms. The molecule has 3 rings (SSSR count). The predicted octanol–water partition coefficient (Wildman–Crippen LogP) is 2.58. The largest absolute Gasteiger partial charge is 0.442 e. The first-order valence-corrected chi connectivity index (χ1v) is 9.31. The number of para-hydroxylation sites is 1. The van der Waals surface area contributed by atoms with Crippen molar-refractivity contribution in [1.29, 1.82) is 0 Å². The van der Waals surface area contributed by atoms with Gasteiger partial charge < -0.3 is 5.32 Å². The van der Waals surface area contributed by atoms with Crippen molar-refractivity contribution >= 4 is 29.0 Å². The molecular weight excluding hydrogens is 384 g/mol. The second kappa shape index (κ2) is 8.53. The Morgan fingerprint density at radius 1 is 1.29 bits per heavy atom. The van der Waals surface area contributed by atoms with Crippen LogP contribution in [0.5, 0.6) is 0 Å². The van der Waals surface area contributed by atoms with Crippen molar-refractivity contribution in [2.75, 3.05) is 11.1 Å². The molecule has 0 fully saturated rings. The van der Waals surface area contributed by atoms with E-state index >= 15 is 0 Å². The number of aromatic amines is 1. The van der Waals surface area contributed by atoms with Gasteiger partial charge in [-0.05, 0) is 34.2 Å². The maximum atomic E-state index is 12.2. The van der Waals surface area contributed by atoms with E-state index in [2.05, 4.69) is 10.6 Å². The monoisotopic (exact) mass is 401 g/mol. The van der Waals surface area contributed by atoms with Gasteiger partial charge in [0.05, 0.1) is 10.6 Å². The molecule has 0 aliphatic heterocycles. The number of thioether (sulfide) groups is 1.